The van der Waals surface area contributed by atoms with Crippen molar-refractivity contribution in [1.82, 2.24) is 4.90 Å². The molecule has 0 radical (unpaired) electrons. The van der Waals surface area contributed by atoms with Crippen molar-refractivity contribution in [2.75, 3.05) is 26.3 Å². The van der Waals surface area contributed by atoms with Crippen LogP contribution in [0.3, 0.4) is 0 Å². The molecule has 0 amide bonds. The van der Waals surface area contributed by atoms with E-state index in [0.717, 1.165) is 19.6 Å². The highest BCUT2D eigenvalue weighted by atomic mass is 19.1. The Bertz CT molecular complexity index is 251. The lowest BCUT2D eigenvalue weighted by Crippen LogP contribution is -2.30. The minimum Gasteiger partial charge on any atom is -0.329 e. The van der Waals surface area contributed by atoms with E-state index in [2.05, 4.69) is 17.0 Å². The summed E-state index contributed by atoms with van der Waals surface area (Å²) in [6.07, 6.45) is 0.590. The largest absolute Gasteiger partial charge is 0.329 e. The number of benzene rings is 1. The second-order valence-corrected chi connectivity index (χ2v) is 3.59. The molecule has 0 heterocycles. The van der Waals surface area contributed by atoms with Gasteiger partial charge in [0, 0.05) is 26.2 Å². The molecule has 0 aliphatic heterocycles. The molecule has 0 aliphatic rings. The number of alkyl halides is 1. The highest BCUT2D eigenvalue weighted by Crippen LogP contribution is 2.04. The van der Waals surface area contributed by atoms with E-state index in [9.17, 15) is 4.39 Å². The first kappa shape index (κ1) is 12.1. The van der Waals surface area contributed by atoms with Gasteiger partial charge in [0.1, 0.15) is 0 Å². The van der Waals surface area contributed by atoms with E-state index in [-0.39, 0.29) is 6.67 Å². The molecule has 0 saturated heterocycles. The van der Waals surface area contributed by atoms with Gasteiger partial charge in [0.15, 0.2) is 0 Å². The summed E-state index contributed by atoms with van der Waals surface area (Å²) < 4.78 is 12.1. The van der Waals surface area contributed by atoms with Crippen molar-refractivity contribution >= 4 is 0 Å². The van der Waals surface area contributed by atoms with Crippen LogP contribution in [0.2, 0.25) is 0 Å². The summed E-state index contributed by atoms with van der Waals surface area (Å²) in [5.41, 5.74) is 6.77. The standard InChI is InChI=1S/C12H19FN2/c13-7-4-9-15(10-8-14)11-12-5-2-1-3-6-12/h1-3,5-6H,4,7-11,14H2. The van der Waals surface area contributed by atoms with Crippen LogP contribution in [0.1, 0.15) is 12.0 Å². The van der Waals surface area contributed by atoms with E-state index < -0.39 is 0 Å². The van der Waals surface area contributed by atoms with Crippen molar-refractivity contribution in [3.8, 4) is 0 Å². The lowest BCUT2D eigenvalue weighted by atomic mass is 10.2. The third kappa shape index (κ3) is 4.91. The number of nitrogens with two attached hydrogens (primary N) is 1. The molecule has 0 fully saturated rings. The van der Waals surface area contributed by atoms with Crippen molar-refractivity contribution in [2.45, 2.75) is 13.0 Å². The average Bonchev–Trinajstić information content (AvgIpc) is 2.28. The van der Waals surface area contributed by atoms with Gasteiger partial charge in [-0.1, -0.05) is 30.3 Å². The number of rotatable bonds is 7. The summed E-state index contributed by atoms with van der Waals surface area (Å²) in [5, 5.41) is 0. The van der Waals surface area contributed by atoms with Crippen LogP contribution in [0.5, 0.6) is 0 Å². The van der Waals surface area contributed by atoms with Crippen LogP contribution in [0.4, 0.5) is 4.39 Å². The zero-order valence-corrected chi connectivity index (χ0v) is 9.03. The molecule has 0 aliphatic carbocycles. The monoisotopic (exact) mass is 210 g/mol. The first-order valence-electron chi connectivity index (χ1n) is 5.39. The van der Waals surface area contributed by atoms with E-state index in [1.807, 2.05) is 18.2 Å². The van der Waals surface area contributed by atoms with Crippen LogP contribution in [0, 0.1) is 0 Å². The molecule has 84 valence electrons. The Balaban J connectivity index is 2.43. The predicted octanol–water partition coefficient (Wildman–Crippen LogP) is 1.81. The zero-order valence-electron chi connectivity index (χ0n) is 9.03. The van der Waals surface area contributed by atoms with E-state index in [0.29, 0.717) is 13.0 Å². The van der Waals surface area contributed by atoms with Crippen molar-refractivity contribution < 1.29 is 4.39 Å². The van der Waals surface area contributed by atoms with Crippen LogP contribution in [-0.4, -0.2) is 31.2 Å². The van der Waals surface area contributed by atoms with Crippen LogP contribution < -0.4 is 5.73 Å². The van der Waals surface area contributed by atoms with Crippen LogP contribution >= 0.6 is 0 Å². The normalized spacial score (nSPS) is 10.9. The van der Waals surface area contributed by atoms with Crippen LogP contribution in [-0.2, 0) is 6.54 Å². The molecule has 0 atom stereocenters. The Morgan fingerprint density at radius 2 is 1.87 bits per heavy atom. The van der Waals surface area contributed by atoms with E-state index in [1.165, 1.54) is 5.56 Å². The SMILES string of the molecule is NCCN(CCCF)Cc1ccccc1. The quantitative estimate of drug-likeness (QED) is 0.743. The molecule has 3 heteroatoms. The van der Waals surface area contributed by atoms with Gasteiger partial charge in [0.05, 0.1) is 6.67 Å². The number of nitrogens with zero attached hydrogens (tertiary/aromatic N) is 1. The number of halogens is 1. The number of hydrogen-bond donors (Lipinski definition) is 1. The summed E-state index contributed by atoms with van der Waals surface area (Å²) in [6.45, 7) is 2.84. The summed E-state index contributed by atoms with van der Waals surface area (Å²) in [4.78, 5) is 2.19. The third-order valence-electron chi connectivity index (χ3n) is 2.30. The van der Waals surface area contributed by atoms with Gasteiger partial charge in [0.2, 0.25) is 0 Å². The van der Waals surface area contributed by atoms with Gasteiger partial charge in [-0.05, 0) is 12.0 Å². The Morgan fingerprint density at radius 1 is 1.13 bits per heavy atom. The molecule has 0 unspecified atom stereocenters. The highest BCUT2D eigenvalue weighted by Gasteiger charge is 2.04. The molecule has 15 heavy (non-hydrogen) atoms. The second-order valence-electron chi connectivity index (χ2n) is 3.59. The van der Waals surface area contributed by atoms with Crippen molar-refractivity contribution in [1.29, 1.82) is 0 Å². The Labute approximate surface area is 90.9 Å². The fourth-order valence-electron chi connectivity index (χ4n) is 1.58. The lowest BCUT2D eigenvalue weighted by Gasteiger charge is -2.20. The zero-order chi connectivity index (χ0) is 10.9. The van der Waals surface area contributed by atoms with Gasteiger partial charge < -0.3 is 5.73 Å². The Morgan fingerprint density at radius 3 is 2.47 bits per heavy atom. The molecular weight excluding hydrogens is 191 g/mol. The first-order valence-corrected chi connectivity index (χ1v) is 5.39. The summed E-state index contributed by atoms with van der Waals surface area (Å²) in [7, 11) is 0. The molecular formula is C12H19FN2. The molecule has 0 aromatic heterocycles. The molecule has 1 aromatic rings. The maximum atomic E-state index is 12.1. The summed E-state index contributed by atoms with van der Waals surface area (Å²) in [6, 6.07) is 10.2. The predicted molar refractivity (Wildman–Crippen MR) is 61.4 cm³/mol. The maximum Gasteiger partial charge on any atom is 0.0906 e. The number of hydrogen-bond acceptors (Lipinski definition) is 2. The maximum absolute atomic E-state index is 12.1. The van der Waals surface area contributed by atoms with Gasteiger partial charge >= 0.3 is 0 Å². The van der Waals surface area contributed by atoms with E-state index in [4.69, 9.17) is 5.73 Å². The van der Waals surface area contributed by atoms with E-state index >= 15 is 0 Å². The smallest absolute Gasteiger partial charge is 0.0906 e. The lowest BCUT2D eigenvalue weighted by molar-refractivity contribution is 0.257. The van der Waals surface area contributed by atoms with Gasteiger partial charge in [-0.15, -0.1) is 0 Å². The van der Waals surface area contributed by atoms with Gasteiger partial charge in [0.25, 0.3) is 0 Å². The fourth-order valence-corrected chi connectivity index (χ4v) is 1.58. The molecule has 0 spiro atoms. The minimum atomic E-state index is -0.254. The molecule has 0 saturated carbocycles. The van der Waals surface area contributed by atoms with Crippen molar-refractivity contribution in [3.63, 3.8) is 0 Å². The average molecular weight is 210 g/mol. The second kappa shape index (κ2) is 7.37. The van der Waals surface area contributed by atoms with Crippen LogP contribution in [0.15, 0.2) is 30.3 Å². The highest BCUT2D eigenvalue weighted by molar-refractivity contribution is 5.14. The Hall–Kier alpha value is -0.930. The van der Waals surface area contributed by atoms with Crippen LogP contribution in [0.25, 0.3) is 0 Å². The molecule has 1 rings (SSSR count). The topological polar surface area (TPSA) is 29.3 Å². The minimum absolute atomic E-state index is 0.254. The van der Waals surface area contributed by atoms with Crippen molar-refractivity contribution in [2.24, 2.45) is 5.73 Å². The third-order valence-corrected chi connectivity index (χ3v) is 2.30. The molecule has 0 bridgehead atoms. The molecule has 1 aromatic carbocycles. The molecule has 2 nitrogen and oxygen atoms in total. The van der Waals surface area contributed by atoms with Gasteiger partial charge in [-0.3, -0.25) is 9.29 Å². The summed E-state index contributed by atoms with van der Waals surface area (Å²) in [5.74, 6) is 0. The Kier molecular flexibility index (Phi) is 5.97. The van der Waals surface area contributed by atoms with Gasteiger partial charge in [-0.25, -0.2) is 0 Å². The molecule has 2 N–H and O–H groups in total. The summed E-state index contributed by atoms with van der Waals surface area (Å²) >= 11 is 0. The van der Waals surface area contributed by atoms with Gasteiger partial charge in [-0.2, -0.15) is 0 Å². The van der Waals surface area contributed by atoms with Crippen molar-refractivity contribution in [3.05, 3.63) is 35.9 Å². The first-order chi connectivity index (χ1) is 7.36. The van der Waals surface area contributed by atoms with E-state index in [1.54, 1.807) is 0 Å². The fraction of sp³-hybridized carbons (Fsp3) is 0.500.